The first kappa shape index (κ1) is 16.5. The molecule has 0 spiro atoms. The predicted octanol–water partition coefficient (Wildman–Crippen LogP) is -0.388. The number of fused-ring (bicyclic) bond motifs is 1. The third-order valence-electron chi connectivity index (χ3n) is 4.17. The third kappa shape index (κ3) is 4.31. The molecule has 120 valence electrons. The van der Waals surface area contributed by atoms with E-state index in [2.05, 4.69) is 17.4 Å². The summed E-state index contributed by atoms with van der Waals surface area (Å²) in [4.78, 5) is 27.1. The molecule has 2 N–H and O–H groups in total. The number of nitrogens with one attached hydrogen (secondary N) is 2. The Balaban J connectivity index is 1.90. The van der Waals surface area contributed by atoms with Gasteiger partial charge in [0.05, 0.1) is 6.54 Å². The highest BCUT2D eigenvalue weighted by Crippen LogP contribution is 2.17. The Bertz CT molecular complexity index is 530. The number of rotatable bonds is 6. The lowest BCUT2D eigenvalue weighted by atomic mass is 10.00. The zero-order valence-electron chi connectivity index (χ0n) is 13.5. The van der Waals surface area contributed by atoms with E-state index in [1.165, 1.54) is 11.1 Å². The van der Waals surface area contributed by atoms with Crippen molar-refractivity contribution in [3.63, 3.8) is 0 Å². The normalized spacial score (nSPS) is 15.1. The highest BCUT2D eigenvalue weighted by molar-refractivity contribution is 5.79. The van der Waals surface area contributed by atoms with Gasteiger partial charge in [0.15, 0.2) is 13.1 Å². The second kappa shape index (κ2) is 7.94. The van der Waals surface area contributed by atoms with Crippen molar-refractivity contribution >= 4 is 11.8 Å². The average molecular weight is 304 g/mol. The van der Waals surface area contributed by atoms with Gasteiger partial charge in [0.1, 0.15) is 0 Å². The average Bonchev–Trinajstić information content (AvgIpc) is 2.53. The minimum Gasteiger partial charge on any atom is -0.351 e. The summed E-state index contributed by atoms with van der Waals surface area (Å²) in [5.41, 5.74) is 2.58. The van der Waals surface area contributed by atoms with Gasteiger partial charge in [0.25, 0.3) is 11.8 Å². The SMILES string of the molecule is CCNC(=O)C[NH+](CC)CC(=O)N1CCc2ccccc2C1. The molecule has 1 heterocycles. The van der Waals surface area contributed by atoms with Gasteiger partial charge in [-0.05, 0) is 31.4 Å². The number of likely N-dealkylation sites (N-methyl/N-ethyl adjacent to an activating group) is 2. The molecule has 2 rings (SSSR count). The molecule has 22 heavy (non-hydrogen) atoms. The molecule has 0 fully saturated rings. The highest BCUT2D eigenvalue weighted by Gasteiger charge is 2.24. The molecule has 0 bridgehead atoms. The van der Waals surface area contributed by atoms with Crippen LogP contribution in [0.25, 0.3) is 0 Å². The number of hydrogen-bond acceptors (Lipinski definition) is 2. The fraction of sp³-hybridized carbons (Fsp3) is 0.529. The molecule has 1 aromatic rings. The number of benzene rings is 1. The lowest BCUT2D eigenvalue weighted by Gasteiger charge is -2.29. The number of nitrogens with zero attached hydrogens (tertiary/aromatic N) is 1. The number of quaternary nitrogens is 1. The van der Waals surface area contributed by atoms with Crippen molar-refractivity contribution in [1.29, 1.82) is 0 Å². The first-order chi connectivity index (χ1) is 10.6. The molecule has 0 saturated carbocycles. The van der Waals surface area contributed by atoms with Crippen molar-refractivity contribution in [3.8, 4) is 0 Å². The minimum absolute atomic E-state index is 0.0103. The summed E-state index contributed by atoms with van der Waals surface area (Å²) in [6.07, 6.45) is 0.916. The summed E-state index contributed by atoms with van der Waals surface area (Å²) in [7, 11) is 0. The van der Waals surface area contributed by atoms with Crippen LogP contribution in [0.3, 0.4) is 0 Å². The van der Waals surface area contributed by atoms with E-state index in [1.54, 1.807) is 0 Å². The zero-order chi connectivity index (χ0) is 15.9. The molecule has 0 aliphatic carbocycles. The van der Waals surface area contributed by atoms with Crippen LogP contribution in [0.4, 0.5) is 0 Å². The number of carbonyl (C=O) groups excluding carboxylic acids is 2. The zero-order valence-corrected chi connectivity index (χ0v) is 13.5. The first-order valence-electron chi connectivity index (χ1n) is 8.08. The summed E-state index contributed by atoms with van der Waals surface area (Å²) in [5.74, 6) is 0.145. The lowest BCUT2D eigenvalue weighted by molar-refractivity contribution is -0.882. The molecule has 1 aliphatic rings. The van der Waals surface area contributed by atoms with Gasteiger partial charge in [-0.25, -0.2) is 0 Å². The predicted molar refractivity (Wildman–Crippen MR) is 85.5 cm³/mol. The second-order valence-corrected chi connectivity index (χ2v) is 5.74. The molecule has 0 saturated heterocycles. The van der Waals surface area contributed by atoms with Gasteiger partial charge in [-0.1, -0.05) is 24.3 Å². The molecule has 5 nitrogen and oxygen atoms in total. The topological polar surface area (TPSA) is 53.9 Å². The van der Waals surface area contributed by atoms with Crippen LogP contribution in [-0.4, -0.2) is 49.4 Å². The lowest BCUT2D eigenvalue weighted by Crippen LogP contribution is -3.14. The summed E-state index contributed by atoms with van der Waals surface area (Å²) in [6, 6.07) is 8.29. The fourth-order valence-electron chi connectivity index (χ4n) is 2.83. The molecule has 1 aliphatic heterocycles. The minimum atomic E-state index is 0.0103. The van der Waals surface area contributed by atoms with Crippen molar-refractivity contribution < 1.29 is 14.5 Å². The van der Waals surface area contributed by atoms with E-state index in [9.17, 15) is 9.59 Å². The van der Waals surface area contributed by atoms with Crippen LogP contribution >= 0.6 is 0 Å². The molecular formula is C17H26N3O2+. The van der Waals surface area contributed by atoms with Crippen molar-refractivity contribution in [2.75, 3.05) is 32.7 Å². The van der Waals surface area contributed by atoms with Gasteiger partial charge in [-0.2, -0.15) is 0 Å². The molecular weight excluding hydrogens is 278 g/mol. The first-order valence-corrected chi connectivity index (χ1v) is 8.08. The Morgan fingerprint density at radius 3 is 2.59 bits per heavy atom. The van der Waals surface area contributed by atoms with Gasteiger partial charge in [0, 0.05) is 19.6 Å². The smallest absolute Gasteiger partial charge is 0.278 e. The van der Waals surface area contributed by atoms with Crippen LogP contribution < -0.4 is 10.2 Å². The van der Waals surface area contributed by atoms with Gasteiger partial charge in [0.2, 0.25) is 0 Å². The maximum Gasteiger partial charge on any atom is 0.278 e. The van der Waals surface area contributed by atoms with E-state index in [0.29, 0.717) is 26.2 Å². The second-order valence-electron chi connectivity index (χ2n) is 5.74. The third-order valence-corrected chi connectivity index (χ3v) is 4.17. The van der Waals surface area contributed by atoms with Gasteiger partial charge >= 0.3 is 0 Å². The van der Waals surface area contributed by atoms with Crippen molar-refractivity contribution in [2.24, 2.45) is 0 Å². The van der Waals surface area contributed by atoms with E-state index < -0.39 is 0 Å². The Morgan fingerprint density at radius 1 is 1.18 bits per heavy atom. The van der Waals surface area contributed by atoms with Gasteiger partial charge in [-0.3, -0.25) is 9.59 Å². The van der Waals surface area contributed by atoms with E-state index in [-0.39, 0.29) is 11.8 Å². The number of amides is 2. The summed E-state index contributed by atoms with van der Waals surface area (Å²) < 4.78 is 0. The van der Waals surface area contributed by atoms with Crippen LogP contribution in [0, 0.1) is 0 Å². The monoisotopic (exact) mass is 304 g/mol. The summed E-state index contributed by atoms with van der Waals surface area (Å²) >= 11 is 0. The number of hydrogen-bond donors (Lipinski definition) is 2. The molecule has 5 heteroatoms. The molecule has 2 amide bonds. The molecule has 1 atom stereocenters. The van der Waals surface area contributed by atoms with Gasteiger partial charge < -0.3 is 15.1 Å². The quantitative estimate of drug-likeness (QED) is 0.752. The van der Waals surface area contributed by atoms with Crippen molar-refractivity contribution in [2.45, 2.75) is 26.8 Å². The van der Waals surface area contributed by atoms with Crippen LogP contribution in [-0.2, 0) is 22.6 Å². The van der Waals surface area contributed by atoms with Crippen LogP contribution in [0.15, 0.2) is 24.3 Å². The van der Waals surface area contributed by atoms with E-state index in [1.807, 2.05) is 30.9 Å². The summed E-state index contributed by atoms with van der Waals surface area (Å²) in [6.45, 7) is 7.52. The molecule has 0 aromatic heterocycles. The Hall–Kier alpha value is -1.88. The molecule has 0 radical (unpaired) electrons. The van der Waals surface area contributed by atoms with E-state index >= 15 is 0 Å². The highest BCUT2D eigenvalue weighted by atomic mass is 16.2. The maximum atomic E-state index is 12.5. The van der Waals surface area contributed by atoms with Crippen molar-refractivity contribution in [1.82, 2.24) is 10.2 Å². The Kier molecular flexibility index (Phi) is 5.95. The largest absolute Gasteiger partial charge is 0.351 e. The Morgan fingerprint density at radius 2 is 1.91 bits per heavy atom. The van der Waals surface area contributed by atoms with E-state index in [0.717, 1.165) is 24.4 Å². The van der Waals surface area contributed by atoms with Crippen molar-refractivity contribution in [3.05, 3.63) is 35.4 Å². The molecule has 1 aromatic carbocycles. The number of carbonyl (C=O) groups is 2. The van der Waals surface area contributed by atoms with E-state index in [4.69, 9.17) is 0 Å². The maximum absolute atomic E-state index is 12.5. The van der Waals surface area contributed by atoms with Crippen LogP contribution in [0.1, 0.15) is 25.0 Å². The fourth-order valence-corrected chi connectivity index (χ4v) is 2.83. The molecule has 1 unspecified atom stereocenters. The van der Waals surface area contributed by atoms with Crippen LogP contribution in [0.2, 0.25) is 0 Å². The van der Waals surface area contributed by atoms with Crippen LogP contribution in [0.5, 0.6) is 0 Å². The Labute approximate surface area is 132 Å². The summed E-state index contributed by atoms with van der Waals surface area (Å²) in [5, 5.41) is 2.79. The standard InChI is InChI=1S/C17H25N3O2/c1-3-18-16(21)12-19(4-2)13-17(22)20-10-9-14-7-5-6-8-15(14)11-20/h5-8H,3-4,9-13H2,1-2H3,(H,18,21)/p+1. The van der Waals surface area contributed by atoms with Gasteiger partial charge in [-0.15, -0.1) is 0 Å².